The van der Waals surface area contributed by atoms with Gasteiger partial charge in [0.2, 0.25) is 0 Å². The Morgan fingerprint density at radius 3 is 2.63 bits per heavy atom. The van der Waals surface area contributed by atoms with E-state index in [4.69, 9.17) is 5.11 Å². The van der Waals surface area contributed by atoms with Crippen molar-refractivity contribution in [3.8, 4) is 11.8 Å². The Bertz CT molecular complexity index is 588. The van der Waals surface area contributed by atoms with Crippen LogP contribution in [-0.4, -0.2) is 25.2 Å². The van der Waals surface area contributed by atoms with Crippen molar-refractivity contribution in [2.45, 2.75) is 19.3 Å². The molecule has 1 aliphatic rings. The van der Waals surface area contributed by atoms with Gasteiger partial charge in [0, 0.05) is 30.8 Å². The normalized spacial score (nSPS) is 14.0. The van der Waals surface area contributed by atoms with Gasteiger partial charge in [-0.15, -0.1) is 0 Å². The van der Waals surface area contributed by atoms with E-state index in [-0.39, 0.29) is 0 Å². The van der Waals surface area contributed by atoms with E-state index in [9.17, 15) is 4.79 Å². The molecule has 0 unspecified atom stereocenters. The number of hydrogen-bond donors (Lipinski definition) is 1. The standard InChI is InChI=1S/C16H17NO2/c1-17(2)15-9-4-3-6-13(15)11-10-12-7-5-8-14(12)16(18)19/h3-4,6,9H,5,7-8H2,1-2H3,(H,18,19). The van der Waals surface area contributed by atoms with E-state index in [0.29, 0.717) is 12.0 Å². The van der Waals surface area contributed by atoms with E-state index in [1.165, 1.54) is 0 Å². The number of carboxylic acids is 1. The summed E-state index contributed by atoms with van der Waals surface area (Å²) in [5.74, 6) is 5.32. The SMILES string of the molecule is CN(C)c1ccccc1C#CC1=C(C(=O)O)CCC1. The van der Waals surface area contributed by atoms with E-state index >= 15 is 0 Å². The molecule has 0 aromatic heterocycles. The minimum atomic E-state index is -0.831. The van der Waals surface area contributed by atoms with Crippen LogP contribution in [0.3, 0.4) is 0 Å². The number of anilines is 1. The highest BCUT2D eigenvalue weighted by Gasteiger charge is 2.18. The molecule has 1 N–H and O–H groups in total. The Morgan fingerprint density at radius 2 is 1.95 bits per heavy atom. The molecule has 0 fully saturated rings. The van der Waals surface area contributed by atoms with E-state index in [1.54, 1.807) is 0 Å². The molecule has 0 saturated heterocycles. The van der Waals surface area contributed by atoms with Crippen LogP contribution >= 0.6 is 0 Å². The molecule has 0 bridgehead atoms. The number of para-hydroxylation sites is 1. The first-order valence-electron chi connectivity index (χ1n) is 6.33. The van der Waals surface area contributed by atoms with Crippen LogP contribution in [0.1, 0.15) is 24.8 Å². The van der Waals surface area contributed by atoms with Crippen LogP contribution in [0.25, 0.3) is 0 Å². The molecular weight excluding hydrogens is 238 g/mol. The van der Waals surface area contributed by atoms with Crippen molar-refractivity contribution >= 4 is 11.7 Å². The molecule has 0 atom stereocenters. The summed E-state index contributed by atoms with van der Waals surface area (Å²) in [7, 11) is 3.94. The Balaban J connectivity index is 2.35. The second-order valence-corrected chi connectivity index (χ2v) is 4.78. The van der Waals surface area contributed by atoms with Gasteiger partial charge in [0.05, 0.1) is 5.69 Å². The predicted octanol–water partition coefficient (Wildman–Crippen LogP) is 2.67. The maximum absolute atomic E-state index is 11.1. The van der Waals surface area contributed by atoms with Gasteiger partial charge in [-0.3, -0.25) is 0 Å². The molecule has 2 rings (SSSR count). The number of aliphatic carboxylic acids is 1. The van der Waals surface area contributed by atoms with Crippen molar-refractivity contribution in [2.75, 3.05) is 19.0 Å². The van der Waals surface area contributed by atoms with Crippen LogP contribution in [0, 0.1) is 11.8 Å². The molecule has 0 aliphatic heterocycles. The Hall–Kier alpha value is -2.21. The van der Waals surface area contributed by atoms with Gasteiger partial charge < -0.3 is 10.0 Å². The zero-order valence-corrected chi connectivity index (χ0v) is 11.2. The molecule has 19 heavy (non-hydrogen) atoms. The number of rotatable bonds is 2. The average molecular weight is 255 g/mol. The zero-order chi connectivity index (χ0) is 13.8. The van der Waals surface area contributed by atoms with E-state index in [1.807, 2.05) is 43.3 Å². The molecule has 3 heteroatoms. The van der Waals surface area contributed by atoms with Crippen molar-refractivity contribution in [2.24, 2.45) is 0 Å². The molecular formula is C16H17NO2. The third-order valence-electron chi connectivity index (χ3n) is 3.21. The highest BCUT2D eigenvalue weighted by atomic mass is 16.4. The predicted molar refractivity (Wildman–Crippen MR) is 76.2 cm³/mol. The van der Waals surface area contributed by atoms with Gasteiger partial charge >= 0.3 is 5.97 Å². The molecule has 0 spiro atoms. The third kappa shape index (κ3) is 2.97. The van der Waals surface area contributed by atoms with Gasteiger partial charge in [-0.1, -0.05) is 24.0 Å². The third-order valence-corrected chi connectivity index (χ3v) is 3.21. The maximum atomic E-state index is 11.1. The van der Waals surface area contributed by atoms with Crippen molar-refractivity contribution in [3.05, 3.63) is 41.0 Å². The van der Waals surface area contributed by atoms with E-state index < -0.39 is 5.97 Å². The Labute approximate surface area is 113 Å². The summed E-state index contributed by atoms with van der Waals surface area (Å²) < 4.78 is 0. The summed E-state index contributed by atoms with van der Waals surface area (Å²) in [6, 6.07) is 7.87. The molecule has 0 radical (unpaired) electrons. The number of allylic oxidation sites excluding steroid dienone is 1. The van der Waals surface area contributed by atoms with Crippen LogP contribution in [0.15, 0.2) is 35.4 Å². The number of hydrogen-bond acceptors (Lipinski definition) is 2. The van der Waals surface area contributed by atoms with Crippen LogP contribution in [0.2, 0.25) is 0 Å². The van der Waals surface area contributed by atoms with Crippen LogP contribution < -0.4 is 4.90 Å². The average Bonchev–Trinajstić information content (AvgIpc) is 2.85. The molecule has 0 saturated carbocycles. The number of carboxylic acid groups (broad SMARTS) is 1. The summed E-state index contributed by atoms with van der Waals surface area (Å²) in [5, 5.41) is 9.09. The number of nitrogens with zero attached hydrogens (tertiary/aromatic N) is 1. The van der Waals surface area contributed by atoms with Crippen LogP contribution in [-0.2, 0) is 4.79 Å². The van der Waals surface area contributed by atoms with Crippen molar-refractivity contribution in [1.29, 1.82) is 0 Å². The van der Waals surface area contributed by atoms with Gasteiger partial charge in [-0.25, -0.2) is 4.79 Å². The lowest BCUT2D eigenvalue weighted by atomic mass is 10.1. The smallest absolute Gasteiger partial charge is 0.332 e. The minimum Gasteiger partial charge on any atom is -0.478 e. The summed E-state index contributed by atoms with van der Waals surface area (Å²) in [6.07, 6.45) is 2.30. The molecule has 1 aliphatic carbocycles. The Morgan fingerprint density at radius 1 is 1.21 bits per heavy atom. The lowest BCUT2D eigenvalue weighted by Crippen LogP contribution is -2.10. The summed E-state index contributed by atoms with van der Waals surface area (Å²) >= 11 is 0. The summed E-state index contributed by atoms with van der Waals surface area (Å²) in [5.41, 5.74) is 3.23. The van der Waals surface area contributed by atoms with Crippen LogP contribution in [0.4, 0.5) is 5.69 Å². The highest BCUT2D eigenvalue weighted by Crippen LogP contribution is 2.26. The monoisotopic (exact) mass is 255 g/mol. The van der Waals surface area contributed by atoms with Gasteiger partial charge in [0.25, 0.3) is 0 Å². The minimum absolute atomic E-state index is 0.481. The second kappa shape index (κ2) is 5.62. The van der Waals surface area contributed by atoms with E-state index in [2.05, 4.69) is 11.8 Å². The maximum Gasteiger partial charge on any atom is 0.332 e. The van der Waals surface area contributed by atoms with Crippen molar-refractivity contribution in [3.63, 3.8) is 0 Å². The van der Waals surface area contributed by atoms with Gasteiger partial charge in [0.1, 0.15) is 0 Å². The fourth-order valence-electron chi connectivity index (χ4n) is 2.23. The lowest BCUT2D eigenvalue weighted by Gasteiger charge is -2.13. The first-order valence-corrected chi connectivity index (χ1v) is 6.33. The highest BCUT2D eigenvalue weighted by molar-refractivity contribution is 5.89. The lowest BCUT2D eigenvalue weighted by molar-refractivity contribution is -0.132. The number of benzene rings is 1. The largest absolute Gasteiger partial charge is 0.478 e. The fraction of sp³-hybridized carbons (Fsp3) is 0.312. The first-order chi connectivity index (χ1) is 9.09. The summed E-state index contributed by atoms with van der Waals surface area (Å²) in [4.78, 5) is 13.1. The topological polar surface area (TPSA) is 40.5 Å². The zero-order valence-electron chi connectivity index (χ0n) is 11.2. The van der Waals surface area contributed by atoms with Crippen molar-refractivity contribution < 1.29 is 9.90 Å². The fourth-order valence-corrected chi connectivity index (χ4v) is 2.23. The second-order valence-electron chi connectivity index (χ2n) is 4.78. The quantitative estimate of drug-likeness (QED) is 0.826. The molecule has 1 aromatic rings. The van der Waals surface area contributed by atoms with Crippen molar-refractivity contribution in [1.82, 2.24) is 0 Å². The number of carbonyl (C=O) groups is 1. The summed E-state index contributed by atoms with van der Waals surface area (Å²) in [6.45, 7) is 0. The molecule has 0 heterocycles. The van der Waals surface area contributed by atoms with E-state index in [0.717, 1.165) is 29.7 Å². The van der Waals surface area contributed by atoms with Gasteiger partial charge in [-0.05, 0) is 31.4 Å². The molecule has 1 aromatic carbocycles. The molecule has 98 valence electrons. The molecule has 0 amide bonds. The van der Waals surface area contributed by atoms with Gasteiger partial charge in [0.15, 0.2) is 0 Å². The Kier molecular flexibility index (Phi) is 3.91. The van der Waals surface area contributed by atoms with Gasteiger partial charge in [-0.2, -0.15) is 0 Å². The first kappa shape index (κ1) is 13.2. The molecule has 3 nitrogen and oxygen atoms in total. The van der Waals surface area contributed by atoms with Crippen LogP contribution in [0.5, 0.6) is 0 Å².